The van der Waals surface area contributed by atoms with Crippen LogP contribution in [-0.2, 0) is 5.41 Å². The molecule has 0 radical (unpaired) electrons. The maximum absolute atomic E-state index is 9.04. The fourth-order valence-electron chi connectivity index (χ4n) is 1.71. The largest absolute Gasteiger partial charge is 0.327 e. The molecule has 1 fully saturated rings. The Morgan fingerprint density at radius 1 is 1.33 bits per heavy atom. The third kappa shape index (κ3) is 1.93. The maximum atomic E-state index is 9.04. The van der Waals surface area contributed by atoms with Crippen LogP contribution in [0.5, 0.6) is 0 Å². The summed E-state index contributed by atoms with van der Waals surface area (Å²) in [6, 6.07) is 10.6. The Morgan fingerprint density at radius 3 is 2.47 bits per heavy atom. The summed E-state index contributed by atoms with van der Waals surface area (Å²) in [6.07, 6.45) is 5.92. The lowest BCUT2D eigenvalue weighted by Crippen LogP contribution is -2.01. The Labute approximate surface area is 90.0 Å². The van der Waals surface area contributed by atoms with E-state index in [1.807, 2.05) is 36.4 Å². The van der Waals surface area contributed by atoms with E-state index in [0.29, 0.717) is 6.54 Å². The molecule has 0 saturated heterocycles. The second kappa shape index (κ2) is 3.88. The van der Waals surface area contributed by atoms with Crippen LogP contribution in [0, 0.1) is 11.3 Å². The first kappa shape index (κ1) is 9.95. The Morgan fingerprint density at radius 2 is 2.00 bits per heavy atom. The zero-order chi connectivity index (χ0) is 10.7. The van der Waals surface area contributed by atoms with Crippen molar-refractivity contribution in [2.45, 2.75) is 18.3 Å². The van der Waals surface area contributed by atoms with Crippen LogP contribution in [0.4, 0.5) is 0 Å². The molecule has 0 atom stereocenters. The standard InChI is InChI=1S/C13H14N2/c14-9-1-2-11-3-5-12(6-4-11)13(10-15)7-8-13/h1-6H,7-9,14H2. The summed E-state index contributed by atoms with van der Waals surface area (Å²) in [5.74, 6) is 0. The van der Waals surface area contributed by atoms with E-state index in [4.69, 9.17) is 11.0 Å². The van der Waals surface area contributed by atoms with Crippen molar-refractivity contribution in [3.05, 3.63) is 41.5 Å². The van der Waals surface area contributed by atoms with Gasteiger partial charge in [0.25, 0.3) is 0 Å². The summed E-state index contributed by atoms with van der Waals surface area (Å²) in [7, 11) is 0. The molecule has 2 N–H and O–H groups in total. The number of nitrogens with two attached hydrogens (primary N) is 1. The van der Waals surface area contributed by atoms with Gasteiger partial charge >= 0.3 is 0 Å². The van der Waals surface area contributed by atoms with Crippen molar-refractivity contribution in [2.75, 3.05) is 6.54 Å². The first-order chi connectivity index (χ1) is 7.30. The van der Waals surface area contributed by atoms with E-state index in [9.17, 15) is 0 Å². The molecule has 0 unspecified atom stereocenters. The van der Waals surface area contributed by atoms with Crippen molar-refractivity contribution in [1.82, 2.24) is 0 Å². The minimum absolute atomic E-state index is 0.171. The molecule has 2 nitrogen and oxygen atoms in total. The van der Waals surface area contributed by atoms with Gasteiger partial charge in [-0.1, -0.05) is 36.4 Å². The van der Waals surface area contributed by atoms with Crippen LogP contribution in [0.15, 0.2) is 30.3 Å². The summed E-state index contributed by atoms with van der Waals surface area (Å²) in [4.78, 5) is 0. The topological polar surface area (TPSA) is 49.8 Å². The maximum Gasteiger partial charge on any atom is 0.0823 e. The molecule has 1 aromatic carbocycles. The van der Waals surface area contributed by atoms with Crippen molar-refractivity contribution in [2.24, 2.45) is 5.73 Å². The monoisotopic (exact) mass is 198 g/mol. The molecule has 0 bridgehead atoms. The van der Waals surface area contributed by atoms with E-state index in [1.165, 1.54) is 0 Å². The first-order valence-corrected chi connectivity index (χ1v) is 5.19. The van der Waals surface area contributed by atoms with Crippen LogP contribution in [0.1, 0.15) is 24.0 Å². The van der Waals surface area contributed by atoms with Gasteiger partial charge < -0.3 is 5.73 Å². The molecule has 2 rings (SSSR count). The predicted octanol–water partition coefficient (Wildman–Crippen LogP) is 2.21. The van der Waals surface area contributed by atoms with Crippen molar-refractivity contribution in [3.63, 3.8) is 0 Å². The van der Waals surface area contributed by atoms with Gasteiger partial charge in [-0.15, -0.1) is 0 Å². The molecule has 0 spiro atoms. The SMILES string of the molecule is N#CC1(c2ccc(C=CCN)cc2)CC1. The third-order valence-corrected chi connectivity index (χ3v) is 2.87. The Balaban J connectivity index is 2.18. The van der Waals surface area contributed by atoms with E-state index in [1.54, 1.807) is 0 Å². The molecule has 0 aromatic heterocycles. The summed E-state index contributed by atoms with van der Waals surface area (Å²) >= 11 is 0. The van der Waals surface area contributed by atoms with E-state index in [2.05, 4.69) is 6.07 Å². The highest BCUT2D eigenvalue weighted by Gasteiger charge is 2.44. The molecule has 1 aliphatic carbocycles. The minimum Gasteiger partial charge on any atom is -0.327 e. The Bertz CT molecular complexity index is 405. The second-order valence-corrected chi connectivity index (χ2v) is 3.95. The fourth-order valence-corrected chi connectivity index (χ4v) is 1.71. The van der Waals surface area contributed by atoms with Crippen LogP contribution in [-0.4, -0.2) is 6.54 Å². The molecule has 1 aromatic rings. The fraction of sp³-hybridized carbons (Fsp3) is 0.308. The highest BCUT2D eigenvalue weighted by Crippen LogP contribution is 2.47. The summed E-state index contributed by atoms with van der Waals surface area (Å²) in [5, 5.41) is 9.04. The van der Waals surface area contributed by atoms with E-state index < -0.39 is 0 Å². The Hall–Kier alpha value is -1.59. The zero-order valence-electron chi connectivity index (χ0n) is 8.61. The van der Waals surface area contributed by atoms with Gasteiger partial charge in [0.15, 0.2) is 0 Å². The molecule has 0 aliphatic heterocycles. The van der Waals surface area contributed by atoms with Gasteiger partial charge in [0.05, 0.1) is 11.5 Å². The lowest BCUT2D eigenvalue weighted by atomic mass is 9.97. The molecule has 1 aliphatic rings. The summed E-state index contributed by atoms with van der Waals surface area (Å²) in [6.45, 7) is 0.559. The highest BCUT2D eigenvalue weighted by molar-refractivity contribution is 5.51. The summed E-state index contributed by atoms with van der Waals surface area (Å²) < 4.78 is 0. The number of benzene rings is 1. The number of hydrogen-bond acceptors (Lipinski definition) is 2. The predicted molar refractivity (Wildman–Crippen MR) is 61.1 cm³/mol. The molecular weight excluding hydrogens is 184 g/mol. The molecule has 2 heteroatoms. The van der Waals surface area contributed by atoms with Gasteiger partial charge in [0.2, 0.25) is 0 Å². The van der Waals surface area contributed by atoms with Crippen LogP contribution >= 0.6 is 0 Å². The van der Waals surface area contributed by atoms with Crippen molar-refractivity contribution < 1.29 is 0 Å². The number of rotatable bonds is 3. The smallest absolute Gasteiger partial charge is 0.0823 e. The summed E-state index contributed by atoms with van der Waals surface area (Å²) in [5.41, 5.74) is 7.49. The minimum atomic E-state index is -0.171. The molecule has 0 amide bonds. The lowest BCUT2D eigenvalue weighted by molar-refractivity contribution is 0.908. The molecule has 0 heterocycles. The number of nitriles is 1. The normalized spacial score (nSPS) is 17.6. The number of nitrogens with zero attached hydrogens (tertiary/aromatic N) is 1. The van der Waals surface area contributed by atoms with E-state index >= 15 is 0 Å². The van der Waals surface area contributed by atoms with Crippen LogP contribution in [0.2, 0.25) is 0 Å². The van der Waals surface area contributed by atoms with Gasteiger partial charge in [0.1, 0.15) is 0 Å². The molecule has 15 heavy (non-hydrogen) atoms. The first-order valence-electron chi connectivity index (χ1n) is 5.19. The highest BCUT2D eigenvalue weighted by atomic mass is 14.5. The van der Waals surface area contributed by atoms with Gasteiger partial charge in [-0.3, -0.25) is 0 Å². The van der Waals surface area contributed by atoms with Crippen molar-refractivity contribution >= 4 is 6.08 Å². The zero-order valence-corrected chi connectivity index (χ0v) is 8.61. The number of hydrogen-bond donors (Lipinski definition) is 1. The van der Waals surface area contributed by atoms with Crippen molar-refractivity contribution in [3.8, 4) is 6.07 Å². The molecule has 1 saturated carbocycles. The lowest BCUT2D eigenvalue weighted by Gasteiger charge is -2.05. The van der Waals surface area contributed by atoms with Gasteiger partial charge in [-0.2, -0.15) is 5.26 Å². The molecular formula is C13H14N2. The van der Waals surface area contributed by atoms with Crippen LogP contribution < -0.4 is 5.73 Å². The van der Waals surface area contributed by atoms with Crippen molar-refractivity contribution in [1.29, 1.82) is 5.26 Å². The average molecular weight is 198 g/mol. The Kier molecular flexibility index (Phi) is 2.57. The van der Waals surface area contributed by atoms with E-state index in [-0.39, 0.29) is 5.41 Å². The average Bonchev–Trinajstić information content (AvgIpc) is 3.08. The van der Waals surface area contributed by atoms with Crippen LogP contribution in [0.25, 0.3) is 6.08 Å². The quantitative estimate of drug-likeness (QED) is 0.809. The second-order valence-electron chi connectivity index (χ2n) is 3.95. The third-order valence-electron chi connectivity index (χ3n) is 2.87. The van der Waals surface area contributed by atoms with Gasteiger partial charge in [-0.05, 0) is 24.0 Å². The van der Waals surface area contributed by atoms with Crippen LogP contribution in [0.3, 0.4) is 0 Å². The van der Waals surface area contributed by atoms with Gasteiger partial charge in [-0.25, -0.2) is 0 Å². The van der Waals surface area contributed by atoms with Gasteiger partial charge in [0, 0.05) is 6.54 Å². The molecule has 76 valence electrons. The van der Waals surface area contributed by atoms with E-state index in [0.717, 1.165) is 24.0 Å².